The summed E-state index contributed by atoms with van der Waals surface area (Å²) in [5, 5.41) is 2.34. The molecule has 0 unspecified atom stereocenters. The average Bonchev–Trinajstić information content (AvgIpc) is 2.27. The van der Waals surface area contributed by atoms with Gasteiger partial charge in [0.15, 0.2) is 0 Å². The number of pyridine rings is 1. The molecule has 0 atom stereocenters. The average molecular weight is 258 g/mol. The number of halogens is 1. The number of para-hydroxylation sites is 1. The molecular formula is C13H8BrN. The Hall–Kier alpha value is -1.41. The standard InChI is InChI=1S/C13H8BrN/c14-11-5-3-7-13-10(11)8-9-4-1-2-6-12(9)15-13/h1-8H. The van der Waals surface area contributed by atoms with E-state index in [9.17, 15) is 0 Å². The molecule has 0 bridgehead atoms. The van der Waals surface area contributed by atoms with Crippen molar-refractivity contribution in [1.82, 2.24) is 4.98 Å². The molecule has 1 heterocycles. The highest BCUT2D eigenvalue weighted by atomic mass is 79.9. The lowest BCUT2D eigenvalue weighted by atomic mass is 10.1. The molecule has 0 spiro atoms. The van der Waals surface area contributed by atoms with Gasteiger partial charge in [0.05, 0.1) is 11.0 Å². The summed E-state index contributed by atoms with van der Waals surface area (Å²) in [5.41, 5.74) is 2.08. The van der Waals surface area contributed by atoms with E-state index in [-0.39, 0.29) is 0 Å². The second-order valence-electron chi connectivity index (χ2n) is 3.49. The summed E-state index contributed by atoms with van der Waals surface area (Å²) in [6.07, 6.45) is 0. The number of fused-ring (bicyclic) bond motifs is 2. The first-order chi connectivity index (χ1) is 7.34. The summed E-state index contributed by atoms with van der Waals surface area (Å²) >= 11 is 3.54. The molecule has 0 radical (unpaired) electrons. The van der Waals surface area contributed by atoms with Crippen LogP contribution >= 0.6 is 15.9 Å². The third kappa shape index (κ3) is 1.41. The molecule has 2 heteroatoms. The maximum Gasteiger partial charge on any atom is 0.0721 e. The molecule has 0 fully saturated rings. The molecule has 0 saturated heterocycles. The zero-order chi connectivity index (χ0) is 10.3. The second kappa shape index (κ2) is 3.31. The highest BCUT2D eigenvalue weighted by Crippen LogP contribution is 2.25. The minimum atomic E-state index is 1.03. The molecule has 0 aliphatic carbocycles. The Morgan fingerprint density at radius 3 is 2.60 bits per heavy atom. The van der Waals surface area contributed by atoms with Gasteiger partial charge in [0.2, 0.25) is 0 Å². The zero-order valence-corrected chi connectivity index (χ0v) is 9.53. The number of aromatic nitrogens is 1. The van der Waals surface area contributed by atoms with Crippen molar-refractivity contribution in [1.29, 1.82) is 0 Å². The molecule has 15 heavy (non-hydrogen) atoms. The molecule has 0 aliphatic heterocycles. The van der Waals surface area contributed by atoms with Gasteiger partial charge in [0.25, 0.3) is 0 Å². The minimum absolute atomic E-state index is 1.03. The van der Waals surface area contributed by atoms with Crippen LogP contribution in [0.25, 0.3) is 21.8 Å². The van der Waals surface area contributed by atoms with Crippen LogP contribution in [-0.4, -0.2) is 4.98 Å². The van der Waals surface area contributed by atoms with E-state index in [1.807, 2.05) is 36.4 Å². The summed E-state index contributed by atoms with van der Waals surface area (Å²) in [6.45, 7) is 0. The van der Waals surface area contributed by atoms with E-state index in [0.717, 1.165) is 20.9 Å². The van der Waals surface area contributed by atoms with E-state index >= 15 is 0 Å². The van der Waals surface area contributed by atoms with E-state index < -0.39 is 0 Å². The Morgan fingerprint density at radius 2 is 1.67 bits per heavy atom. The van der Waals surface area contributed by atoms with Crippen LogP contribution < -0.4 is 0 Å². The van der Waals surface area contributed by atoms with Crippen LogP contribution in [0.5, 0.6) is 0 Å². The number of hydrogen-bond acceptors (Lipinski definition) is 1. The van der Waals surface area contributed by atoms with Gasteiger partial charge in [-0.05, 0) is 24.3 Å². The van der Waals surface area contributed by atoms with Gasteiger partial charge in [-0.15, -0.1) is 0 Å². The van der Waals surface area contributed by atoms with E-state index in [2.05, 4.69) is 33.0 Å². The van der Waals surface area contributed by atoms with Crippen molar-refractivity contribution in [2.45, 2.75) is 0 Å². The topological polar surface area (TPSA) is 12.9 Å². The van der Waals surface area contributed by atoms with Crippen molar-refractivity contribution in [3.63, 3.8) is 0 Å². The third-order valence-corrected chi connectivity index (χ3v) is 3.20. The van der Waals surface area contributed by atoms with Crippen molar-refractivity contribution in [3.8, 4) is 0 Å². The Balaban J connectivity index is 2.53. The van der Waals surface area contributed by atoms with E-state index in [0.29, 0.717) is 0 Å². The molecule has 0 aliphatic rings. The number of nitrogens with zero attached hydrogens (tertiary/aromatic N) is 1. The second-order valence-corrected chi connectivity index (χ2v) is 4.34. The quantitative estimate of drug-likeness (QED) is 0.552. The summed E-state index contributed by atoms with van der Waals surface area (Å²) in [6, 6.07) is 16.4. The van der Waals surface area contributed by atoms with Crippen molar-refractivity contribution < 1.29 is 0 Å². The first-order valence-corrected chi connectivity index (χ1v) is 5.58. The molecule has 0 saturated carbocycles. The first kappa shape index (κ1) is 8.86. The maximum atomic E-state index is 4.61. The lowest BCUT2D eigenvalue weighted by Gasteiger charge is -2.02. The van der Waals surface area contributed by atoms with Crippen molar-refractivity contribution in [2.75, 3.05) is 0 Å². The van der Waals surface area contributed by atoms with Crippen LogP contribution in [0.1, 0.15) is 0 Å². The highest BCUT2D eigenvalue weighted by molar-refractivity contribution is 9.10. The largest absolute Gasteiger partial charge is 0.248 e. The van der Waals surface area contributed by atoms with Crippen LogP contribution in [0.4, 0.5) is 0 Å². The van der Waals surface area contributed by atoms with Gasteiger partial charge in [0, 0.05) is 15.2 Å². The van der Waals surface area contributed by atoms with E-state index in [1.165, 1.54) is 5.39 Å². The maximum absolute atomic E-state index is 4.61. The fraction of sp³-hybridized carbons (Fsp3) is 0. The molecule has 2 aromatic carbocycles. The number of hydrogen-bond donors (Lipinski definition) is 0. The summed E-state index contributed by atoms with van der Waals surface area (Å²) in [4.78, 5) is 4.61. The number of benzene rings is 2. The Labute approximate surface area is 95.9 Å². The Kier molecular flexibility index (Phi) is 1.96. The monoisotopic (exact) mass is 257 g/mol. The summed E-state index contributed by atoms with van der Waals surface area (Å²) in [7, 11) is 0. The lowest BCUT2D eigenvalue weighted by Crippen LogP contribution is -1.82. The van der Waals surface area contributed by atoms with Gasteiger partial charge in [-0.2, -0.15) is 0 Å². The molecule has 0 amide bonds. The molecule has 1 aromatic heterocycles. The van der Waals surface area contributed by atoms with Crippen molar-refractivity contribution in [3.05, 3.63) is 53.0 Å². The van der Waals surface area contributed by atoms with E-state index in [1.54, 1.807) is 0 Å². The first-order valence-electron chi connectivity index (χ1n) is 4.78. The molecule has 0 N–H and O–H groups in total. The summed E-state index contributed by atoms with van der Waals surface area (Å²) in [5.74, 6) is 0. The Morgan fingerprint density at radius 1 is 0.867 bits per heavy atom. The predicted octanol–water partition coefficient (Wildman–Crippen LogP) is 4.15. The SMILES string of the molecule is Brc1cccc2nc3ccccc3cc12. The molecular weight excluding hydrogens is 250 g/mol. The third-order valence-electron chi connectivity index (χ3n) is 2.51. The van der Waals surface area contributed by atoms with Gasteiger partial charge in [-0.1, -0.05) is 40.2 Å². The van der Waals surface area contributed by atoms with Crippen LogP contribution in [0.2, 0.25) is 0 Å². The van der Waals surface area contributed by atoms with E-state index in [4.69, 9.17) is 0 Å². The smallest absolute Gasteiger partial charge is 0.0721 e. The van der Waals surface area contributed by atoms with Crippen LogP contribution in [0, 0.1) is 0 Å². The number of rotatable bonds is 0. The normalized spacial score (nSPS) is 11.0. The minimum Gasteiger partial charge on any atom is -0.248 e. The van der Waals surface area contributed by atoms with Crippen LogP contribution in [0.3, 0.4) is 0 Å². The van der Waals surface area contributed by atoms with Gasteiger partial charge in [-0.3, -0.25) is 0 Å². The fourth-order valence-corrected chi connectivity index (χ4v) is 2.23. The van der Waals surface area contributed by atoms with Gasteiger partial charge < -0.3 is 0 Å². The van der Waals surface area contributed by atoms with Gasteiger partial charge in [-0.25, -0.2) is 4.98 Å². The fourth-order valence-electron chi connectivity index (χ4n) is 1.76. The predicted molar refractivity (Wildman–Crippen MR) is 66.9 cm³/mol. The van der Waals surface area contributed by atoms with Gasteiger partial charge >= 0.3 is 0 Å². The molecule has 3 rings (SSSR count). The zero-order valence-electron chi connectivity index (χ0n) is 7.94. The summed E-state index contributed by atoms with van der Waals surface area (Å²) < 4.78 is 1.10. The van der Waals surface area contributed by atoms with Crippen molar-refractivity contribution >= 4 is 37.7 Å². The van der Waals surface area contributed by atoms with Crippen LogP contribution in [0.15, 0.2) is 53.0 Å². The van der Waals surface area contributed by atoms with Crippen LogP contribution in [-0.2, 0) is 0 Å². The molecule has 3 aromatic rings. The van der Waals surface area contributed by atoms with Crippen molar-refractivity contribution in [2.24, 2.45) is 0 Å². The Bertz CT molecular complexity index is 646. The van der Waals surface area contributed by atoms with Gasteiger partial charge in [0.1, 0.15) is 0 Å². The molecule has 1 nitrogen and oxygen atoms in total. The highest BCUT2D eigenvalue weighted by Gasteiger charge is 2.01. The lowest BCUT2D eigenvalue weighted by molar-refractivity contribution is 1.49. The molecule has 72 valence electrons.